The molecular formula is C11H11BrFN3O5S. The van der Waals surface area contributed by atoms with E-state index in [-0.39, 0.29) is 23.1 Å². The number of sulfonamides is 1. The van der Waals surface area contributed by atoms with Gasteiger partial charge in [0.15, 0.2) is 0 Å². The summed E-state index contributed by atoms with van der Waals surface area (Å²) in [6.45, 7) is -0.0722. The molecule has 120 valence electrons. The number of amides is 1. The van der Waals surface area contributed by atoms with Gasteiger partial charge in [0.05, 0.1) is 15.1 Å². The first-order chi connectivity index (χ1) is 10.1. The minimum absolute atomic E-state index is 0.0722. The van der Waals surface area contributed by atoms with Crippen LogP contribution in [0.5, 0.6) is 0 Å². The zero-order chi connectivity index (χ0) is 16.7. The molecular weight excluding hydrogens is 385 g/mol. The Morgan fingerprint density at radius 2 is 2.14 bits per heavy atom. The first kappa shape index (κ1) is 16.8. The van der Waals surface area contributed by atoms with Crippen LogP contribution in [0.4, 0.5) is 15.8 Å². The Balaban J connectivity index is 2.38. The summed E-state index contributed by atoms with van der Waals surface area (Å²) in [6.07, 6.45) is -0.120. The van der Waals surface area contributed by atoms with Gasteiger partial charge in [-0.05, 0) is 15.9 Å². The zero-order valence-corrected chi connectivity index (χ0v) is 13.4. The molecule has 1 aromatic rings. The van der Waals surface area contributed by atoms with E-state index in [1.807, 2.05) is 0 Å². The number of nitrogens with two attached hydrogens (primary N) is 1. The second kappa shape index (κ2) is 5.89. The first-order valence-corrected chi connectivity index (χ1v) is 8.53. The molecule has 2 rings (SSSR count). The largest absolute Gasteiger partial charge is 0.306 e. The molecule has 1 aliphatic rings. The number of anilines is 1. The highest BCUT2D eigenvalue weighted by Gasteiger charge is 2.36. The maximum Gasteiger partial charge on any atom is 0.294 e. The van der Waals surface area contributed by atoms with Gasteiger partial charge in [0.1, 0.15) is 11.5 Å². The Hall–Kier alpha value is -1.59. The fraction of sp³-hybridized carbons (Fsp3) is 0.364. The molecule has 1 fully saturated rings. The Labute approximate surface area is 133 Å². The first-order valence-electron chi connectivity index (χ1n) is 6.02. The van der Waals surface area contributed by atoms with Gasteiger partial charge in [0, 0.05) is 31.0 Å². The van der Waals surface area contributed by atoms with Crippen LogP contribution in [0.1, 0.15) is 6.42 Å². The third kappa shape index (κ3) is 3.59. The van der Waals surface area contributed by atoms with Crippen molar-refractivity contribution in [2.24, 2.45) is 11.1 Å². The lowest BCUT2D eigenvalue weighted by Crippen LogP contribution is -2.28. The summed E-state index contributed by atoms with van der Waals surface area (Å²) in [6, 6.07) is 1.84. The van der Waals surface area contributed by atoms with E-state index in [2.05, 4.69) is 15.9 Å². The number of nitro groups is 1. The quantitative estimate of drug-likeness (QED) is 0.604. The molecule has 1 saturated heterocycles. The van der Waals surface area contributed by atoms with Gasteiger partial charge in [-0.15, -0.1) is 0 Å². The van der Waals surface area contributed by atoms with E-state index in [0.29, 0.717) is 0 Å². The van der Waals surface area contributed by atoms with Gasteiger partial charge in [-0.3, -0.25) is 14.9 Å². The molecule has 1 heterocycles. The number of carbonyl (C=O) groups excluding carboxylic acids is 1. The topological polar surface area (TPSA) is 124 Å². The highest BCUT2D eigenvalue weighted by atomic mass is 79.9. The third-order valence-corrected chi connectivity index (χ3v) is 4.72. The van der Waals surface area contributed by atoms with Crippen LogP contribution >= 0.6 is 15.9 Å². The molecule has 0 aromatic heterocycles. The molecule has 8 nitrogen and oxygen atoms in total. The second-order valence-electron chi connectivity index (χ2n) is 4.92. The molecule has 0 saturated carbocycles. The number of nitrogens with zero attached hydrogens (tertiary/aromatic N) is 2. The zero-order valence-electron chi connectivity index (χ0n) is 11.0. The lowest BCUT2D eigenvalue weighted by molar-refractivity contribution is -0.384. The van der Waals surface area contributed by atoms with Gasteiger partial charge in [0.2, 0.25) is 15.9 Å². The minimum Gasteiger partial charge on any atom is -0.306 e. The van der Waals surface area contributed by atoms with Gasteiger partial charge < -0.3 is 4.90 Å². The van der Waals surface area contributed by atoms with Crippen molar-refractivity contribution in [3.63, 3.8) is 0 Å². The molecule has 1 unspecified atom stereocenters. The molecule has 1 atom stereocenters. The molecule has 1 aromatic carbocycles. The predicted molar refractivity (Wildman–Crippen MR) is 79.2 cm³/mol. The molecule has 0 aliphatic carbocycles. The summed E-state index contributed by atoms with van der Waals surface area (Å²) in [5.41, 5.74) is -0.648. The van der Waals surface area contributed by atoms with E-state index in [4.69, 9.17) is 5.14 Å². The highest BCUT2D eigenvalue weighted by Crippen LogP contribution is 2.36. The van der Waals surface area contributed by atoms with E-state index >= 15 is 0 Å². The maximum atomic E-state index is 13.6. The van der Waals surface area contributed by atoms with E-state index < -0.39 is 44.0 Å². The van der Waals surface area contributed by atoms with Gasteiger partial charge >= 0.3 is 0 Å². The average molecular weight is 396 g/mol. The highest BCUT2D eigenvalue weighted by molar-refractivity contribution is 9.10. The summed E-state index contributed by atoms with van der Waals surface area (Å²) in [5, 5.41) is 16.0. The maximum absolute atomic E-state index is 13.6. The average Bonchev–Trinajstić information content (AvgIpc) is 2.70. The Morgan fingerprint density at radius 3 is 2.68 bits per heavy atom. The Bertz CT molecular complexity index is 754. The van der Waals surface area contributed by atoms with E-state index in [1.165, 1.54) is 0 Å². The molecule has 1 aliphatic heterocycles. The summed E-state index contributed by atoms with van der Waals surface area (Å²) < 4.78 is 35.7. The molecule has 22 heavy (non-hydrogen) atoms. The van der Waals surface area contributed by atoms with Crippen LogP contribution in [0, 0.1) is 21.8 Å². The van der Waals surface area contributed by atoms with Crippen molar-refractivity contribution < 1.29 is 22.5 Å². The van der Waals surface area contributed by atoms with Crippen molar-refractivity contribution in [3.05, 3.63) is 32.5 Å². The molecule has 11 heteroatoms. The van der Waals surface area contributed by atoms with Crippen LogP contribution in [0.25, 0.3) is 0 Å². The lowest BCUT2D eigenvalue weighted by Gasteiger charge is -2.17. The number of rotatable bonds is 4. The van der Waals surface area contributed by atoms with E-state index in [1.54, 1.807) is 0 Å². The summed E-state index contributed by atoms with van der Waals surface area (Å²) in [4.78, 5) is 23.3. The van der Waals surface area contributed by atoms with Crippen molar-refractivity contribution in [2.75, 3.05) is 17.2 Å². The van der Waals surface area contributed by atoms with Gasteiger partial charge in [-0.1, -0.05) is 0 Å². The lowest BCUT2D eigenvalue weighted by atomic mass is 10.1. The fourth-order valence-electron chi connectivity index (χ4n) is 2.34. The van der Waals surface area contributed by atoms with Gasteiger partial charge in [-0.2, -0.15) is 0 Å². The van der Waals surface area contributed by atoms with E-state index in [9.17, 15) is 27.7 Å². The van der Waals surface area contributed by atoms with Gasteiger partial charge in [0.25, 0.3) is 5.69 Å². The molecule has 0 radical (unpaired) electrons. The number of hydrogen-bond acceptors (Lipinski definition) is 5. The van der Waals surface area contributed by atoms with Crippen molar-refractivity contribution in [3.8, 4) is 0 Å². The Morgan fingerprint density at radius 1 is 1.50 bits per heavy atom. The van der Waals surface area contributed by atoms with Crippen LogP contribution < -0.4 is 10.0 Å². The molecule has 0 bridgehead atoms. The second-order valence-corrected chi connectivity index (χ2v) is 7.43. The van der Waals surface area contributed by atoms with Crippen molar-refractivity contribution in [2.45, 2.75) is 6.42 Å². The number of halogens is 2. The third-order valence-electron chi connectivity index (χ3n) is 3.18. The van der Waals surface area contributed by atoms with Crippen LogP contribution in [0.2, 0.25) is 0 Å². The normalized spacial score (nSPS) is 18.8. The predicted octanol–water partition coefficient (Wildman–Crippen LogP) is 1.14. The smallest absolute Gasteiger partial charge is 0.294 e. The van der Waals surface area contributed by atoms with Gasteiger partial charge in [-0.25, -0.2) is 17.9 Å². The monoisotopic (exact) mass is 395 g/mol. The Kier molecular flexibility index (Phi) is 4.49. The van der Waals surface area contributed by atoms with Crippen molar-refractivity contribution >= 4 is 43.2 Å². The molecule has 1 amide bonds. The summed E-state index contributed by atoms with van der Waals surface area (Å²) in [5.74, 6) is -2.28. The van der Waals surface area contributed by atoms with Crippen LogP contribution in [-0.2, 0) is 14.8 Å². The SMILES string of the molecule is NS(=O)(=O)CC1CC(=O)N(c2cc(F)c(Br)cc2[N+](=O)[O-])C1. The minimum atomic E-state index is -3.77. The summed E-state index contributed by atoms with van der Waals surface area (Å²) in [7, 11) is -3.77. The molecule has 2 N–H and O–H groups in total. The van der Waals surface area contributed by atoms with E-state index in [0.717, 1.165) is 17.0 Å². The number of hydrogen-bond donors (Lipinski definition) is 1. The van der Waals surface area contributed by atoms with Crippen molar-refractivity contribution in [1.82, 2.24) is 0 Å². The summed E-state index contributed by atoms with van der Waals surface area (Å²) >= 11 is 2.85. The van der Waals surface area contributed by atoms with Crippen molar-refractivity contribution in [1.29, 1.82) is 0 Å². The van der Waals surface area contributed by atoms with Crippen LogP contribution in [0.15, 0.2) is 16.6 Å². The molecule has 0 spiro atoms. The van der Waals surface area contributed by atoms with Crippen LogP contribution in [0.3, 0.4) is 0 Å². The van der Waals surface area contributed by atoms with Crippen LogP contribution in [-0.4, -0.2) is 31.5 Å². The number of carbonyl (C=O) groups is 1. The number of nitro benzene ring substituents is 1. The number of primary sulfonamides is 1. The number of benzene rings is 1. The standard InChI is InChI=1S/C11H11BrFN3O5S/c12-7-2-10(16(18)19)9(3-8(7)13)15-4-6(1-11(15)17)5-22(14,20)21/h2-3,6H,1,4-5H2,(H2,14,20,21). The fourth-order valence-corrected chi connectivity index (χ4v) is 3.55.